The lowest BCUT2D eigenvalue weighted by molar-refractivity contribution is 0.119. The Hall–Kier alpha value is -1.09. The van der Waals surface area contributed by atoms with E-state index < -0.39 is 0 Å². The Balaban J connectivity index is 1.83. The van der Waals surface area contributed by atoms with Crippen LogP contribution in [0.2, 0.25) is 0 Å². The largest absolute Gasteiger partial charge is 0.312 e. The molecule has 3 heterocycles. The first-order valence-electron chi connectivity index (χ1n) is 7.20. The van der Waals surface area contributed by atoms with E-state index in [1.165, 1.54) is 38.0 Å². The minimum atomic E-state index is 0.184. The Morgan fingerprint density at radius 2 is 2.17 bits per heavy atom. The lowest BCUT2D eigenvalue weighted by Gasteiger charge is -2.42. The van der Waals surface area contributed by atoms with Crippen LogP contribution in [0, 0.1) is 5.92 Å². The summed E-state index contributed by atoms with van der Waals surface area (Å²) in [5.74, 6) is 1.25. The van der Waals surface area contributed by atoms with E-state index in [0.29, 0.717) is 11.8 Å². The van der Waals surface area contributed by atoms with E-state index in [9.17, 15) is 4.79 Å². The van der Waals surface area contributed by atoms with E-state index in [2.05, 4.69) is 17.9 Å². The van der Waals surface area contributed by atoms with Crippen LogP contribution in [0.15, 0.2) is 23.0 Å². The third-order valence-corrected chi connectivity index (χ3v) is 4.38. The van der Waals surface area contributed by atoms with Gasteiger partial charge in [0.15, 0.2) is 0 Å². The molecule has 3 nitrogen and oxygen atoms in total. The zero-order chi connectivity index (χ0) is 12.5. The van der Waals surface area contributed by atoms with Gasteiger partial charge >= 0.3 is 0 Å². The van der Waals surface area contributed by atoms with Gasteiger partial charge in [-0.1, -0.05) is 19.4 Å². The number of unbranched alkanes of at least 4 members (excludes halogenated alkanes) is 1. The minimum Gasteiger partial charge on any atom is -0.312 e. The van der Waals surface area contributed by atoms with Crippen LogP contribution >= 0.6 is 0 Å². The molecule has 98 valence electrons. The van der Waals surface area contributed by atoms with Crippen molar-refractivity contribution in [1.29, 1.82) is 0 Å². The van der Waals surface area contributed by atoms with Crippen LogP contribution in [0.5, 0.6) is 0 Å². The van der Waals surface area contributed by atoms with E-state index in [0.717, 1.165) is 13.1 Å². The van der Waals surface area contributed by atoms with Crippen molar-refractivity contribution in [3.8, 4) is 0 Å². The van der Waals surface area contributed by atoms with Crippen LogP contribution in [0.4, 0.5) is 0 Å². The summed E-state index contributed by atoms with van der Waals surface area (Å²) in [5.41, 5.74) is 1.45. The molecule has 3 heteroatoms. The first-order chi connectivity index (χ1) is 8.78. The molecule has 2 atom stereocenters. The summed E-state index contributed by atoms with van der Waals surface area (Å²) in [6, 6.07) is 5.75. The molecule has 0 amide bonds. The quantitative estimate of drug-likeness (QED) is 0.815. The van der Waals surface area contributed by atoms with E-state index in [1.54, 1.807) is 6.07 Å². The fraction of sp³-hybridized carbons (Fsp3) is 0.667. The van der Waals surface area contributed by atoms with Crippen LogP contribution in [0.3, 0.4) is 0 Å². The Morgan fingerprint density at radius 1 is 1.28 bits per heavy atom. The topological polar surface area (TPSA) is 25.2 Å². The number of hydrogen-bond acceptors (Lipinski definition) is 2. The van der Waals surface area contributed by atoms with Crippen LogP contribution in [-0.4, -0.2) is 29.1 Å². The second kappa shape index (κ2) is 4.88. The van der Waals surface area contributed by atoms with Gasteiger partial charge in [0.2, 0.25) is 0 Å². The smallest absolute Gasteiger partial charge is 0.250 e. The molecule has 0 radical (unpaired) electrons. The van der Waals surface area contributed by atoms with Crippen molar-refractivity contribution in [2.75, 3.05) is 19.6 Å². The molecule has 0 aliphatic carbocycles. The molecule has 3 rings (SSSR count). The van der Waals surface area contributed by atoms with Crippen molar-refractivity contribution < 1.29 is 0 Å². The van der Waals surface area contributed by atoms with E-state index >= 15 is 0 Å². The number of likely N-dealkylation sites (tertiary alicyclic amines) is 1. The van der Waals surface area contributed by atoms with Gasteiger partial charge in [0.25, 0.3) is 5.56 Å². The molecule has 1 saturated heterocycles. The molecule has 18 heavy (non-hydrogen) atoms. The van der Waals surface area contributed by atoms with Gasteiger partial charge in [-0.3, -0.25) is 4.79 Å². The number of fused-ring (bicyclic) bond motifs is 4. The molecule has 0 unspecified atom stereocenters. The first-order valence-corrected chi connectivity index (χ1v) is 7.20. The maximum Gasteiger partial charge on any atom is 0.250 e. The van der Waals surface area contributed by atoms with Gasteiger partial charge < -0.3 is 9.47 Å². The fourth-order valence-corrected chi connectivity index (χ4v) is 3.56. The third kappa shape index (κ3) is 2.12. The minimum absolute atomic E-state index is 0.184. The highest BCUT2D eigenvalue weighted by atomic mass is 16.1. The molecule has 1 fully saturated rings. The van der Waals surface area contributed by atoms with Gasteiger partial charge in [0, 0.05) is 37.3 Å². The standard InChI is InChI=1S/C15H22N2O/c1-2-3-7-16-9-12-8-13(11-16)14-5-4-6-15(18)17(14)10-12/h4-6,12-13H,2-3,7-11H2,1H3/t12-,13+/m0/s1. The van der Waals surface area contributed by atoms with E-state index in [-0.39, 0.29) is 5.56 Å². The molecule has 0 spiro atoms. The second-order valence-electron chi connectivity index (χ2n) is 5.81. The van der Waals surface area contributed by atoms with Gasteiger partial charge in [-0.25, -0.2) is 0 Å². The summed E-state index contributed by atoms with van der Waals surface area (Å²) in [4.78, 5) is 14.5. The number of aromatic nitrogens is 1. The number of hydrogen-bond donors (Lipinski definition) is 0. The average Bonchev–Trinajstić information content (AvgIpc) is 2.38. The molecule has 1 aromatic heterocycles. The predicted molar refractivity (Wildman–Crippen MR) is 72.9 cm³/mol. The maximum atomic E-state index is 11.9. The Bertz CT molecular complexity index is 480. The highest BCUT2D eigenvalue weighted by Crippen LogP contribution is 2.34. The summed E-state index contributed by atoms with van der Waals surface area (Å²) in [6.07, 6.45) is 3.83. The number of piperidine rings is 1. The van der Waals surface area contributed by atoms with Crippen LogP contribution in [-0.2, 0) is 6.54 Å². The summed E-state index contributed by atoms with van der Waals surface area (Å²) in [5, 5.41) is 0. The molecule has 2 aliphatic rings. The summed E-state index contributed by atoms with van der Waals surface area (Å²) in [6.45, 7) is 6.71. The van der Waals surface area contributed by atoms with Gasteiger partial charge in [-0.15, -0.1) is 0 Å². The van der Waals surface area contributed by atoms with Crippen LogP contribution in [0.1, 0.15) is 37.8 Å². The average molecular weight is 246 g/mol. The van der Waals surface area contributed by atoms with Crippen molar-refractivity contribution in [3.05, 3.63) is 34.2 Å². The second-order valence-corrected chi connectivity index (χ2v) is 5.81. The molecule has 2 aliphatic heterocycles. The Labute approximate surface area is 108 Å². The van der Waals surface area contributed by atoms with E-state index in [1.807, 2.05) is 10.6 Å². The highest BCUT2D eigenvalue weighted by Gasteiger charge is 2.33. The van der Waals surface area contributed by atoms with Gasteiger partial charge in [0.1, 0.15) is 0 Å². The highest BCUT2D eigenvalue weighted by molar-refractivity contribution is 5.16. The first kappa shape index (κ1) is 12.0. The number of pyridine rings is 1. The molecule has 0 aromatic carbocycles. The summed E-state index contributed by atoms with van der Waals surface area (Å²) in [7, 11) is 0. The van der Waals surface area contributed by atoms with Crippen LogP contribution in [0.25, 0.3) is 0 Å². The van der Waals surface area contributed by atoms with Crippen molar-refractivity contribution in [3.63, 3.8) is 0 Å². The number of rotatable bonds is 3. The molecule has 0 saturated carbocycles. The zero-order valence-electron chi connectivity index (χ0n) is 11.1. The Kier molecular flexibility index (Phi) is 3.25. The van der Waals surface area contributed by atoms with Crippen molar-refractivity contribution >= 4 is 0 Å². The third-order valence-electron chi connectivity index (χ3n) is 4.38. The van der Waals surface area contributed by atoms with Gasteiger partial charge in [-0.05, 0) is 31.4 Å². The van der Waals surface area contributed by atoms with Crippen molar-refractivity contribution in [2.45, 2.75) is 38.6 Å². The summed E-state index contributed by atoms with van der Waals surface area (Å²) < 4.78 is 2.01. The molecule has 1 aromatic rings. The maximum absolute atomic E-state index is 11.9. The lowest BCUT2D eigenvalue weighted by atomic mass is 9.83. The van der Waals surface area contributed by atoms with Crippen molar-refractivity contribution in [1.82, 2.24) is 9.47 Å². The Morgan fingerprint density at radius 3 is 3.00 bits per heavy atom. The predicted octanol–water partition coefficient (Wildman–Crippen LogP) is 2.07. The molecular formula is C15H22N2O. The number of nitrogens with zero attached hydrogens (tertiary/aromatic N) is 2. The van der Waals surface area contributed by atoms with E-state index in [4.69, 9.17) is 0 Å². The zero-order valence-corrected chi connectivity index (χ0v) is 11.1. The SMILES string of the molecule is CCCCN1C[C@@H]2C[C@H](C1)c1cccc(=O)n1C2. The van der Waals surface area contributed by atoms with Gasteiger partial charge in [0.05, 0.1) is 0 Å². The monoisotopic (exact) mass is 246 g/mol. The molecule has 0 N–H and O–H groups in total. The van der Waals surface area contributed by atoms with Gasteiger partial charge in [-0.2, -0.15) is 0 Å². The molecular weight excluding hydrogens is 224 g/mol. The van der Waals surface area contributed by atoms with Crippen molar-refractivity contribution in [2.24, 2.45) is 5.92 Å². The van der Waals surface area contributed by atoms with Crippen LogP contribution < -0.4 is 5.56 Å². The lowest BCUT2D eigenvalue weighted by Crippen LogP contribution is -2.47. The normalized spacial score (nSPS) is 26.9. The summed E-state index contributed by atoms with van der Waals surface area (Å²) >= 11 is 0. The molecule has 2 bridgehead atoms. The fourth-order valence-electron chi connectivity index (χ4n) is 3.56.